The molecule has 0 spiro atoms. The number of hydrogen-bond acceptors (Lipinski definition) is 6. The molecular formula is C26H27ClN2O6. The van der Waals surface area contributed by atoms with Crippen LogP contribution in [0.25, 0.3) is 11.1 Å². The van der Waals surface area contributed by atoms with Crippen LogP contribution in [0, 0.1) is 0 Å². The van der Waals surface area contributed by atoms with Crippen molar-refractivity contribution in [3.63, 3.8) is 0 Å². The highest BCUT2D eigenvalue weighted by Crippen LogP contribution is 2.30. The Morgan fingerprint density at radius 3 is 2.49 bits per heavy atom. The highest BCUT2D eigenvalue weighted by molar-refractivity contribution is 6.33. The molecule has 3 aromatic rings. The molecule has 1 atom stereocenters. The van der Waals surface area contributed by atoms with E-state index in [2.05, 4.69) is 10.3 Å². The molecule has 0 aliphatic rings. The number of carbonyl (C=O) groups is 2. The Hall–Kier alpha value is -3.62. The van der Waals surface area contributed by atoms with Gasteiger partial charge in [-0.1, -0.05) is 29.8 Å². The van der Waals surface area contributed by atoms with E-state index in [1.165, 1.54) is 7.05 Å². The molecular weight excluding hydrogens is 472 g/mol. The average molecular weight is 499 g/mol. The summed E-state index contributed by atoms with van der Waals surface area (Å²) in [5.41, 5.74) is 3.28. The number of carboxylic acid groups (broad SMARTS) is 1. The summed E-state index contributed by atoms with van der Waals surface area (Å²) in [7, 11) is 1.54. The standard InChI is InChI=1S/C26H27ClN2O6/c1-3-33-23(13-26(31)32)18-5-8-20(9-6-18)34-15-17-4-10-22(27)21(12-17)19-7-11-25(29-14-19)35-16-24(30)28-2/h4-12,14,23H,3,13,15-16H2,1-2H3,(H,28,30)(H,31,32)/t23-/m0/s1. The number of amides is 1. The van der Waals surface area contributed by atoms with E-state index in [1.807, 2.05) is 37.3 Å². The fourth-order valence-electron chi connectivity index (χ4n) is 3.30. The zero-order valence-corrected chi connectivity index (χ0v) is 20.2. The number of aliphatic carboxylic acids is 1. The van der Waals surface area contributed by atoms with E-state index in [0.717, 1.165) is 22.3 Å². The molecule has 1 aromatic heterocycles. The van der Waals surface area contributed by atoms with Gasteiger partial charge in [0.2, 0.25) is 5.88 Å². The Labute approximate surface area is 208 Å². The van der Waals surface area contributed by atoms with Crippen molar-refractivity contribution in [2.75, 3.05) is 20.3 Å². The third-order valence-corrected chi connectivity index (χ3v) is 5.42. The first-order chi connectivity index (χ1) is 16.9. The summed E-state index contributed by atoms with van der Waals surface area (Å²) in [5.74, 6) is -0.166. The Kier molecular flexibility index (Phi) is 9.46. The molecule has 8 nitrogen and oxygen atoms in total. The summed E-state index contributed by atoms with van der Waals surface area (Å²) < 4.78 is 16.8. The van der Waals surface area contributed by atoms with Crippen molar-refractivity contribution in [2.45, 2.75) is 26.1 Å². The number of halogens is 1. The van der Waals surface area contributed by atoms with Gasteiger partial charge in [0.1, 0.15) is 12.4 Å². The molecule has 0 fully saturated rings. The van der Waals surface area contributed by atoms with E-state index >= 15 is 0 Å². The number of hydrogen-bond donors (Lipinski definition) is 2. The van der Waals surface area contributed by atoms with Crippen LogP contribution in [0.1, 0.15) is 30.6 Å². The van der Waals surface area contributed by atoms with Gasteiger partial charge in [0.25, 0.3) is 5.91 Å². The van der Waals surface area contributed by atoms with Gasteiger partial charge in [0.15, 0.2) is 6.61 Å². The second-order valence-electron chi connectivity index (χ2n) is 7.56. The molecule has 3 rings (SSSR count). The minimum absolute atomic E-state index is 0.0996. The third kappa shape index (κ3) is 7.70. The van der Waals surface area contributed by atoms with Crippen molar-refractivity contribution < 1.29 is 28.9 Å². The van der Waals surface area contributed by atoms with Crippen molar-refractivity contribution in [2.24, 2.45) is 0 Å². The van der Waals surface area contributed by atoms with Gasteiger partial charge < -0.3 is 24.6 Å². The molecule has 2 aromatic carbocycles. The van der Waals surface area contributed by atoms with Gasteiger partial charge in [-0.25, -0.2) is 4.98 Å². The van der Waals surface area contributed by atoms with Crippen molar-refractivity contribution >= 4 is 23.5 Å². The van der Waals surface area contributed by atoms with E-state index in [1.54, 1.807) is 30.5 Å². The first kappa shape index (κ1) is 26.0. The highest BCUT2D eigenvalue weighted by atomic mass is 35.5. The molecule has 1 heterocycles. The lowest BCUT2D eigenvalue weighted by Crippen LogP contribution is -2.25. The van der Waals surface area contributed by atoms with Crippen LogP contribution in [-0.2, 0) is 20.9 Å². The number of nitrogens with zero attached hydrogens (tertiary/aromatic N) is 1. The first-order valence-electron chi connectivity index (χ1n) is 11.0. The van der Waals surface area contributed by atoms with Crippen molar-refractivity contribution in [3.05, 3.63) is 76.9 Å². The first-order valence-corrected chi connectivity index (χ1v) is 11.4. The Bertz CT molecular complexity index is 1140. The molecule has 35 heavy (non-hydrogen) atoms. The predicted molar refractivity (Wildman–Crippen MR) is 132 cm³/mol. The maximum absolute atomic E-state index is 11.3. The minimum Gasteiger partial charge on any atom is -0.489 e. The monoisotopic (exact) mass is 498 g/mol. The Morgan fingerprint density at radius 2 is 1.86 bits per heavy atom. The van der Waals surface area contributed by atoms with Crippen LogP contribution in [0.2, 0.25) is 5.02 Å². The lowest BCUT2D eigenvalue weighted by atomic mass is 10.0. The maximum atomic E-state index is 11.3. The number of likely N-dealkylation sites (N-methyl/N-ethyl adjacent to an activating group) is 1. The number of pyridine rings is 1. The highest BCUT2D eigenvalue weighted by Gasteiger charge is 2.16. The van der Waals surface area contributed by atoms with E-state index in [0.29, 0.717) is 29.9 Å². The zero-order chi connectivity index (χ0) is 25.2. The molecule has 0 saturated heterocycles. The lowest BCUT2D eigenvalue weighted by molar-refractivity contribution is -0.140. The van der Waals surface area contributed by atoms with Gasteiger partial charge in [0.05, 0.1) is 12.5 Å². The van der Waals surface area contributed by atoms with Gasteiger partial charge in [0, 0.05) is 42.1 Å². The van der Waals surface area contributed by atoms with Gasteiger partial charge in [-0.2, -0.15) is 0 Å². The summed E-state index contributed by atoms with van der Waals surface area (Å²) in [6.45, 7) is 2.46. The summed E-state index contributed by atoms with van der Waals surface area (Å²) >= 11 is 6.41. The van der Waals surface area contributed by atoms with Crippen LogP contribution in [0.15, 0.2) is 60.8 Å². The summed E-state index contributed by atoms with van der Waals surface area (Å²) in [6, 6.07) is 16.3. The van der Waals surface area contributed by atoms with Crippen molar-refractivity contribution in [3.8, 4) is 22.8 Å². The van der Waals surface area contributed by atoms with Crippen LogP contribution >= 0.6 is 11.6 Å². The summed E-state index contributed by atoms with van der Waals surface area (Å²) in [5, 5.41) is 12.1. The number of carboxylic acids is 1. The average Bonchev–Trinajstić information content (AvgIpc) is 2.87. The van der Waals surface area contributed by atoms with E-state index in [4.69, 9.17) is 30.9 Å². The van der Waals surface area contributed by atoms with Gasteiger partial charge in [-0.3, -0.25) is 9.59 Å². The molecule has 0 saturated carbocycles. The molecule has 0 bridgehead atoms. The number of ether oxygens (including phenoxy) is 3. The lowest BCUT2D eigenvalue weighted by Gasteiger charge is -2.16. The summed E-state index contributed by atoms with van der Waals surface area (Å²) in [6.07, 6.45) is 1.03. The second kappa shape index (κ2) is 12.7. The SMILES string of the molecule is CCO[C@@H](CC(=O)O)c1ccc(OCc2ccc(Cl)c(-c3ccc(OCC(=O)NC)nc3)c2)cc1. The molecule has 0 radical (unpaired) electrons. The smallest absolute Gasteiger partial charge is 0.306 e. The predicted octanol–water partition coefficient (Wildman–Crippen LogP) is 4.66. The normalized spacial score (nSPS) is 11.5. The number of carbonyl (C=O) groups excluding carboxylic acids is 1. The number of aromatic nitrogens is 1. The molecule has 184 valence electrons. The molecule has 0 aliphatic carbocycles. The quantitative estimate of drug-likeness (QED) is 0.374. The topological polar surface area (TPSA) is 107 Å². The largest absolute Gasteiger partial charge is 0.489 e. The van der Waals surface area contributed by atoms with Crippen LogP contribution < -0.4 is 14.8 Å². The number of nitrogens with one attached hydrogen (secondary N) is 1. The number of benzene rings is 2. The maximum Gasteiger partial charge on any atom is 0.306 e. The van der Waals surface area contributed by atoms with E-state index in [-0.39, 0.29) is 18.9 Å². The van der Waals surface area contributed by atoms with Gasteiger partial charge in [-0.05, 0) is 48.4 Å². The van der Waals surface area contributed by atoms with Crippen molar-refractivity contribution in [1.82, 2.24) is 10.3 Å². The van der Waals surface area contributed by atoms with Gasteiger partial charge >= 0.3 is 5.97 Å². The van der Waals surface area contributed by atoms with Crippen LogP contribution in [0.4, 0.5) is 0 Å². The Balaban J connectivity index is 1.65. The molecule has 0 aliphatic heterocycles. The fraction of sp³-hybridized carbons (Fsp3) is 0.269. The zero-order valence-electron chi connectivity index (χ0n) is 19.5. The Morgan fingerprint density at radius 1 is 1.09 bits per heavy atom. The molecule has 1 amide bonds. The van der Waals surface area contributed by atoms with Crippen LogP contribution in [0.5, 0.6) is 11.6 Å². The van der Waals surface area contributed by atoms with E-state index < -0.39 is 12.1 Å². The van der Waals surface area contributed by atoms with Gasteiger partial charge in [-0.15, -0.1) is 0 Å². The van der Waals surface area contributed by atoms with Crippen molar-refractivity contribution in [1.29, 1.82) is 0 Å². The van der Waals surface area contributed by atoms with Crippen LogP contribution in [-0.4, -0.2) is 42.2 Å². The minimum atomic E-state index is -0.913. The molecule has 9 heteroatoms. The van der Waals surface area contributed by atoms with Crippen LogP contribution in [0.3, 0.4) is 0 Å². The third-order valence-electron chi connectivity index (χ3n) is 5.09. The number of rotatable bonds is 12. The molecule has 2 N–H and O–H groups in total. The second-order valence-corrected chi connectivity index (χ2v) is 7.97. The molecule has 0 unspecified atom stereocenters. The summed E-state index contributed by atoms with van der Waals surface area (Å²) in [4.78, 5) is 26.6. The fourth-order valence-corrected chi connectivity index (χ4v) is 3.52. The van der Waals surface area contributed by atoms with E-state index in [9.17, 15) is 9.59 Å².